The predicted octanol–water partition coefficient (Wildman–Crippen LogP) is 8.82. The van der Waals surface area contributed by atoms with Crippen LogP contribution in [0.1, 0.15) is 71.1 Å². The Kier molecular flexibility index (Phi) is 12.0. The van der Waals surface area contributed by atoms with Gasteiger partial charge in [0.05, 0.1) is 6.61 Å². The van der Waals surface area contributed by atoms with Crippen LogP contribution in [0.15, 0.2) is 0 Å². The Hall–Kier alpha value is -1.58. The van der Waals surface area contributed by atoms with Gasteiger partial charge in [-0.15, -0.1) is 0 Å². The minimum atomic E-state index is -8.43. The van der Waals surface area contributed by atoms with Gasteiger partial charge in [0, 0.05) is 0 Å². The van der Waals surface area contributed by atoms with E-state index in [0.717, 1.165) is 38.5 Å². The van der Waals surface area contributed by atoms with Gasteiger partial charge in [-0.2, -0.15) is 65.9 Å². The van der Waals surface area contributed by atoms with Crippen LogP contribution in [0, 0.1) is 0 Å². The first-order chi connectivity index (χ1) is 16.5. The van der Waals surface area contributed by atoms with E-state index in [4.69, 9.17) is 0 Å². The van der Waals surface area contributed by atoms with E-state index in [1.165, 1.54) is 0 Å². The number of halogens is 15. The van der Waals surface area contributed by atoms with Crippen molar-refractivity contribution in [3.05, 3.63) is 0 Å². The lowest BCUT2D eigenvalue weighted by atomic mass is 9.91. The van der Waals surface area contributed by atoms with Crippen molar-refractivity contribution >= 4 is 5.97 Å². The summed E-state index contributed by atoms with van der Waals surface area (Å²) in [4.78, 5) is 11.2. The topological polar surface area (TPSA) is 26.3 Å². The van der Waals surface area contributed by atoms with Crippen LogP contribution in [0.5, 0.6) is 0 Å². The number of hydrogen-bond donors (Lipinski definition) is 0. The number of carbonyl (C=O) groups is 1. The first kappa shape index (κ1) is 35.4. The number of esters is 1. The van der Waals surface area contributed by atoms with Gasteiger partial charge in [-0.25, -0.2) is 4.79 Å². The van der Waals surface area contributed by atoms with E-state index in [1.807, 2.05) is 6.92 Å². The normalized spacial score (nSPS) is 14.7. The number of carbonyl (C=O) groups excluding carboxylic acids is 1. The van der Waals surface area contributed by atoms with Crippen LogP contribution in [0.2, 0.25) is 0 Å². The molecular weight excluding hydrogens is 557 g/mol. The minimum absolute atomic E-state index is 0.164. The van der Waals surface area contributed by atoms with Crippen LogP contribution >= 0.6 is 0 Å². The van der Waals surface area contributed by atoms with Gasteiger partial charge in [-0.3, -0.25) is 0 Å². The second-order valence-electron chi connectivity index (χ2n) is 8.26. The molecule has 0 spiro atoms. The molecule has 2 nitrogen and oxygen atoms in total. The first-order valence-electron chi connectivity index (χ1n) is 11.0. The smallest absolute Gasteiger partial charge is 0.460 e. The summed E-state index contributed by atoms with van der Waals surface area (Å²) < 4.78 is 200. The number of rotatable bonds is 17. The molecular formula is C20H25F15O2. The molecule has 0 bridgehead atoms. The van der Waals surface area contributed by atoms with Crippen molar-refractivity contribution in [3.63, 3.8) is 0 Å². The quantitative estimate of drug-likeness (QED) is 0.0974. The van der Waals surface area contributed by atoms with Crippen molar-refractivity contribution in [2.45, 2.75) is 113 Å². The van der Waals surface area contributed by atoms with Gasteiger partial charge < -0.3 is 4.74 Å². The molecule has 0 saturated heterocycles. The lowest BCUT2D eigenvalue weighted by molar-refractivity contribution is -0.450. The Balaban J connectivity index is 5.27. The monoisotopic (exact) mass is 582 g/mol. The Morgan fingerprint density at radius 1 is 0.486 bits per heavy atom. The summed E-state index contributed by atoms with van der Waals surface area (Å²) in [5.41, 5.74) is 0. The third kappa shape index (κ3) is 7.09. The summed E-state index contributed by atoms with van der Waals surface area (Å²) in [7, 11) is 0. The van der Waals surface area contributed by atoms with Crippen LogP contribution in [0.25, 0.3) is 0 Å². The molecule has 0 N–H and O–H groups in total. The Labute approximate surface area is 201 Å². The van der Waals surface area contributed by atoms with Gasteiger partial charge in [-0.1, -0.05) is 64.7 Å². The summed E-state index contributed by atoms with van der Waals surface area (Å²) in [6.07, 6.45) is -0.942. The molecule has 37 heavy (non-hydrogen) atoms. The molecule has 0 aliphatic heterocycles. The van der Waals surface area contributed by atoms with Crippen molar-refractivity contribution in [1.82, 2.24) is 0 Å². The van der Waals surface area contributed by atoms with E-state index in [2.05, 4.69) is 4.74 Å². The molecule has 0 rings (SSSR count). The largest absolute Gasteiger partial charge is 0.461 e. The highest BCUT2D eigenvalue weighted by Gasteiger charge is 2.94. The van der Waals surface area contributed by atoms with E-state index < -0.39 is 54.3 Å². The lowest BCUT2D eigenvalue weighted by Gasteiger charge is -2.40. The predicted molar refractivity (Wildman–Crippen MR) is 98.5 cm³/mol. The molecule has 0 amide bonds. The van der Waals surface area contributed by atoms with Gasteiger partial charge >= 0.3 is 47.7 Å². The van der Waals surface area contributed by atoms with E-state index >= 15 is 0 Å². The summed E-state index contributed by atoms with van der Waals surface area (Å²) in [6.45, 7) is 0.897. The maximum absolute atomic E-state index is 13.7. The molecule has 0 atom stereocenters. The Bertz CT molecular complexity index is 717. The van der Waals surface area contributed by atoms with Crippen LogP contribution in [-0.4, -0.2) is 54.3 Å². The van der Waals surface area contributed by atoms with Crippen molar-refractivity contribution in [1.29, 1.82) is 0 Å². The van der Waals surface area contributed by atoms with Crippen LogP contribution in [-0.2, 0) is 9.53 Å². The molecule has 0 aromatic heterocycles. The molecule has 0 aliphatic carbocycles. The third-order valence-electron chi connectivity index (χ3n) is 5.32. The summed E-state index contributed by atoms with van der Waals surface area (Å²) in [6, 6.07) is 0. The van der Waals surface area contributed by atoms with Crippen LogP contribution in [0.4, 0.5) is 65.9 Å². The molecule has 0 aromatic carbocycles. The molecule has 0 aromatic rings. The van der Waals surface area contributed by atoms with E-state index in [1.54, 1.807) is 0 Å². The van der Waals surface area contributed by atoms with E-state index in [0.29, 0.717) is 12.8 Å². The zero-order chi connectivity index (χ0) is 29.6. The second kappa shape index (κ2) is 12.5. The minimum Gasteiger partial charge on any atom is -0.461 e. The number of unbranched alkanes of at least 4 members (excludes halogenated alkanes) is 9. The van der Waals surface area contributed by atoms with Crippen molar-refractivity contribution in [3.8, 4) is 0 Å². The average molecular weight is 582 g/mol. The molecule has 17 heteroatoms. The molecule has 0 saturated carbocycles. The standard InChI is InChI=1S/C20H25F15O2/c1-2-3-4-5-6-7-8-9-10-11-12-37-13(36)14(21,22)15(23,24)16(25,26)17(27,28)18(29,30)19(31,32)20(33,34)35/h2-12H2,1H3. The Morgan fingerprint density at radius 2 is 0.811 bits per heavy atom. The first-order valence-corrected chi connectivity index (χ1v) is 11.0. The molecule has 0 radical (unpaired) electrons. The molecule has 0 unspecified atom stereocenters. The number of ether oxygens (including phenoxy) is 1. The van der Waals surface area contributed by atoms with Crippen molar-refractivity contribution in [2.24, 2.45) is 0 Å². The summed E-state index contributed by atoms with van der Waals surface area (Å²) >= 11 is 0. The zero-order valence-electron chi connectivity index (χ0n) is 19.3. The molecule has 222 valence electrons. The molecule has 0 aliphatic rings. The SMILES string of the molecule is CCCCCCCCCCCCOC(=O)C(F)(F)C(F)(F)C(F)(F)C(F)(F)C(F)(F)C(F)(F)C(F)(F)F. The van der Waals surface area contributed by atoms with Crippen LogP contribution in [0.3, 0.4) is 0 Å². The average Bonchev–Trinajstić information content (AvgIpc) is 2.75. The molecule has 0 heterocycles. The summed E-state index contributed by atoms with van der Waals surface area (Å²) in [5, 5.41) is 0. The fraction of sp³-hybridized carbons (Fsp3) is 0.950. The second-order valence-corrected chi connectivity index (χ2v) is 8.26. The van der Waals surface area contributed by atoms with Crippen molar-refractivity contribution in [2.75, 3.05) is 6.61 Å². The number of alkyl halides is 15. The van der Waals surface area contributed by atoms with Crippen LogP contribution < -0.4 is 0 Å². The van der Waals surface area contributed by atoms with Crippen molar-refractivity contribution < 1.29 is 75.4 Å². The fourth-order valence-corrected chi connectivity index (χ4v) is 2.94. The molecule has 0 fully saturated rings. The van der Waals surface area contributed by atoms with Gasteiger partial charge in [0.25, 0.3) is 0 Å². The summed E-state index contributed by atoms with van der Waals surface area (Å²) in [5.74, 6) is -51.6. The fourth-order valence-electron chi connectivity index (χ4n) is 2.94. The van der Waals surface area contributed by atoms with Gasteiger partial charge in [0.2, 0.25) is 0 Å². The maximum atomic E-state index is 13.7. The highest BCUT2D eigenvalue weighted by atomic mass is 19.4. The van der Waals surface area contributed by atoms with E-state index in [-0.39, 0.29) is 12.8 Å². The van der Waals surface area contributed by atoms with Gasteiger partial charge in [0.1, 0.15) is 0 Å². The Morgan fingerprint density at radius 3 is 1.19 bits per heavy atom. The lowest BCUT2D eigenvalue weighted by Crippen LogP contribution is -2.73. The third-order valence-corrected chi connectivity index (χ3v) is 5.32. The van der Waals surface area contributed by atoms with Gasteiger partial charge in [0.15, 0.2) is 0 Å². The highest BCUT2D eigenvalue weighted by molar-refractivity contribution is 5.79. The maximum Gasteiger partial charge on any atom is 0.460 e. The zero-order valence-corrected chi connectivity index (χ0v) is 19.3. The highest BCUT2D eigenvalue weighted by Crippen LogP contribution is 2.62. The van der Waals surface area contributed by atoms with E-state index in [9.17, 15) is 70.7 Å². The van der Waals surface area contributed by atoms with Gasteiger partial charge in [-0.05, 0) is 6.42 Å². The number of hydrogen-bond acceptors (Lipinski definition) is 2.